The number of nitrogens with one attached hydrogen (secondary N) is 1. The first-order valence-corrected chi connectivity index (χ1v) is 7.31. The lowest BCUT2D eigenvalue weighted by Crippen LogP contribution is -2.38. The van der Waals surface area contributed by atoms with E-state index in [1.54, 1.807) is 0 Å². The zero-order chi connectivity index (χ0) is 13.9. The van der Waals surface area contributed by atoms with Crippen molar-refractivity contribution in [3.05, 3.63) is 29.3 Å². The van der Waals surface area contributed by atoms with Gasteiger partial charge >= 0.3 is 0 Å². The van der Waals surface area contributed by atoms with Crippen LogP contribution in [0.15, 0.2) is 12.1 Å². The van der Waals surface area contributed by atoms with E-state index in [2.05, 4.69) is 10.2 Å². The second-order valence-electron chi connectivity index (χ2n) is 5.43. The first-order valence-electron chi connectivity index (χ1n) is 7.31. The van der Waals surface area contributed by atoms with Gasteiger partial charge in [-0.1, -0.05) is 6.42 Å². The molecule has 1 unspecified atom stereocenters. The van der Waals surface area contributed by atoms with E-state index < -0.39 is 11.6 Å². The Morgan fingerprint density at radius 2 is 1.85 bits per heavy atom. The standard InChI is InChI=1S/C15H20F2N2O/c16-12-9-11(14-3-1-2-4-18-14)15(10-13(12)17)19-5-7-20-8-6-19/h9-10,14,18H,1-8H2. The van der Waals surface area contributed by atoms with Gasteiger partial charge in [-0.2, -0.15) is 0 Å². The van der Waals surface area contributed by atoms with E-state index in [-0.39, 0.29) is 6.04 Å². The van der Waals surface area contributed by atoms with E-state index in [0.717, 1.165) is 50.1 Å². The van der Waals surface area contributed by atoms with Gasteiger partial charge in [-0.05, 0) is 31.0 Å². The van der Waals surface area contributed by atoms with Gasteiger partial charge in [0.2, 0.25) is 0 Å². The number of anilines is 1. The van der Waals surface area contributed by atoms with Gasteiger partial charge in [0.05, 0.1) is 13.2 Å². The Hall–Kier alpha value is -1.20. The Morgan fingerprint density at radius 3 is 2.55 bits per heavy atom. The van der Waals surface area contributed by atoms with Gasteiger partial charge < -0.3 is 15.0 Å². The molecule has 110 valence electrons. The summed E-state index contributed by atoms with van der Waals surface area (Å²) in [7, 11) is 0. The van der Waals surface area contributed by atoms with Gasteiger partial charge in [0.15, 0.2) is 11.6 Å². The van der Waals surface area contributed by atoms with Crippen LogP contribution in [-0.4, -0.2) is 32.8 Å². The van der Waals surface area contributed by atoms with Crippen LogP contribution in [0.2, 0.25) is 0 Å². The molecule has 0 amide bonds. The number of benzene rings is 1. The molecule has 0 spiro atoms. The molecule has 0 radical (unpaired) electrons. The van der Waals surface area contributed by atoms with Crippen molar-refractivity contribution < 1.29 is 13.5 Å². The highest BCUT2D eigenvalue weighted by atomic mass is 19.2. The molecule has 2 saturated heterocycles. The fourth-order valence-corrected chi connectivity index (χ4v) is 3.03. The number of piperidine rings is 1. The van der Waals surface area contributed by atoms with Gasteiger partial charge in [0, 0.05) is 30.9 Å². The molecule has 1 aromatic carbocycles. The van der Waals surface area contributed by atoms with E-state index in [1.165, 1.54) is 12.1 Å². The summed E-state index contributed by atoms with van der Waals surface area (Å²) < 4.78 is 32.6. The Labute approximate surface area is 117 Å². The summed E-state index contributed by atoms with van der Waals surface area (Å²) in [5.74, 6) is -1.53. The smallest absolute Gasteiger partial charge is 0.160 e. The van der Waals surface area contributed by atoms with Crippen molar-refractivity contribution >= 4 is 5.69 Å². The molecule has 2 aliphatic rings. The third kappa shape index (κ3) is 2.79. The average molecular weight is 282 g/mol. The summed E-state index contributed by atoms with van der Waals surface area (Å²) in [5, 5.41) is 3.41. The number of morpholine rings is 1. The van der Waals surface area contributed by atoms with Gasteiger partial charge in [-0.25, -0.2) is 8.78 Å². The molecule has 0 aromatic heterocycles. The van der Waals surface area contributed by atoms with Crippen molar-refractivity contribution in [3.8, 4) is 0 Å². The number of ether oxygens (including phenoxy) is 1. The van der Waals surface area contributed by atoms with E-state index in [4.69, 9.17) is 4.74 Å². The molecule has 2 heterocycles. The Kier molecular flexibility index (Phi) is 4.17. The number of hydrogen-bond acceptors (Lipinski definition) is 3. The normalized spacial score (nSPS) is 23.9. The fraction of sp³-hybridized carbons (Fsp3) is 0.600. The van der Waals surface area contributed by atoms with Crippen molar-refractivity contribution in [1.82, 2.24) is 5.32 Å². The first kappa shape index (κ1) is 13.8. The SMILES string of the molecule is Fc1cc(C2CCCCN2)c(N2CCOCC2)cc1F. The quantitative estimate of drug-likeness (QED) is 0.902. The van der Waals surface area contributed by atoms with Gasteiger partial charge in [0.1, 0.15) is 0 Å². The number of nitrogens with zero attached hydrogens (tertiary/aromatic N) is 1. The molecule has 0 aliphatic carbocycles. The lowest BCUT2D eigenvalue weighted by atomic mass is 9.95. The van der Waals surface area contributed by atoms with Crippen LogP contribution in [0, 0.1) is 11.6 Å². The molecule has 2 fully saturated rings. The van der Waals surface area contributed by atoms with E-state index in [0.29, 0.717) is 13.2 Å². The highest BCUT2D eigenvalue weighted by Gasteiger charge is 2.24. The molecule has 1 N–H and O–H groups in total. The van der Waals surface area contributed by atoms with Crippen molar-refractivity contribution in [1.29, 1.82) is 0 Å². The minimum atomic E-state index is -0.772. The molecule has 0 bridgehead atoms. The van der Waals surface area contributed by atoms with Crippen LogP contribution in [0.25, 0.3) is 0 Å². The minimum Gasteiger partial charge on any atom is -0.378 e. The zero-order valence-corrected chi connectivity index (χ0v) is 11.5. The topological polar surface area (TPSA) is 24.5 Å². The zero-order valence-electron chi connectivity index (χ0n) is 11.5. The maximum Gasteiger partial charge on any atom is 0.160 e. The minimum absolute atomic E-state index is 0.122. The van der Waals surface area contributed by atoms with Crippen LogP contribution < -0.4 is 10.2 Å². The summed E-state index contributed by atoms with van der Waals surface area (Å²) in [6, 6.07) is 2.83. The average Bonchev–Trinajstić information content (AvgIpc) is 2.51. The summed E-state index contributed by atoms with van der Waals surface area (Å²) in [4.78, 5) is 2.09. The third-order valence-electron chi connectivity index (χ3n) is 4.11. The molecule has 2 aliphatic heterocycles. The predicted octanol–water partition coefficient (Wildman–Crippen LogP) is 2.62. The highest BCUT2D eigenvalue weighted by molar-refractivity contribution is 5.56. The van der Waals surface area contributed by atoms with Gasteiger partial charge in [-0.3, -0.25) is 0 Å². The Bertz CT molecular complexity index is 426. The lowest BCUT2D eigenvalue weighted by molar-refractivity contribution is 0.122. The second-order valence-corrected chi connectivity index (χ2v) is 5.43. The second kappa shape index (κ2) is 6.06. The number of rotatable bonds is 2. The molecular weight excluding hydrogens is 262 g/mol. The summed E-state index contributed by atoms with van der Waals surface area (Å²) in [5.41, 5.74) is 1.69. The van der Waals surface area contributed by atoms with Crippen molar-refractivity contribution in [2.24, 2.45) is 0 Å². The van der Waals surface area contributed by atoms with E-state index in [9.17, 15) is 8.78 Å². The van der Waals surface area contributed by atoms with E-state index >= 15 is 0 Å². The van der Waals surface area contributed by atoms with Gasteiger partial charge in [0.25, 0.3) is 0 Å². The maximum absolute atomic E-state index is 13.6. The van der Waals surface area contributed by atoms with Crippen LogP contribution in [0.5, 0.6) is 0 Å². The molecule has 1 aromatic rings. The monoisotopic (exact) mass is 282 g/mol. The van der Waals surface area contributed by atoms with Crippen LogP contribution in [0.1, 0.15) is 30.9 Å². The van der Waals surface area contributed by atoms with Crippen LogP contribution in [0.3, 0.4) is 0 Å². The lowest BCUT2D eigenvalue weighted by Gasteiger charge is -2.34. The summed E-state index contributed by atoms with van der Waals surface area (Å²) >= 11 is 0. The first-order chi connectivity index (χ1) is 9.75. The van der Waals surface area contributed by atoms with Crippen LogP contribution in [-0.2, 0) is 4.74 Å². The summed E-state index contributed by atoms with van der Waals surface area (Å²) in [6.45, 7) is 3.66. The molecule has 3 rings (SSSR count). The Morgan fingerprint density at radius 1 is 1.10 bits per heavy atom. The predicted molar refractivity (Wildman–Crippen MR) is 74.0 cm³/mol. The van der Waals surface area contributed by atoms with Gasteiger partial charge in [-0.15, -0.1) is 0 Å². The third-order valence-corrected chi connectivity index (χ3v) is 4.11. The van der Waals surface area contributed by atoms with Crippen molar-refractivity contribution in [2.75, 3.05) is 37.7 Å². The molecule has 1 atom stereocenters. The highest BCUT2D eigenvalue weighted by Crippen LogP contribution is 2.33. The molecule has 3 nitrogen and oxygen atoms in total. The molecule has 0 saturated carbocycles. The molecular formula is C15H20F2N2O. The number of hydrogen-bond donors (Lipinski definition) is 1. The van der Waals surface area contributed by atoms with Crippen molar-refractivity contribution in [2.45, 2.75) is 25.3 Å². The van der Waals surface area contributed by atoms with Crippen molar-refractivity contribution in [3.63, 3.8) is 0 Å². The van der Waals surface area contributed by atoms with Crippen LogP contribution >= 0.6 is 0 Å². The maximum atomic E-state index is 13.6. The fourth-order valence-electron chi connectivity index (χ4n) is 3.03. The molecule has 20 heavy (non-hydrogen) atoms. The molecule has 5 heteroatoms. The Balaban J connectivity index is 1.94. The number of halogens is 2. The van der Waals surface area contributed by atoms with E-state index in [1.807, 2.05) is 0 Å². The summed E-state index contributed by atoms with van der Waals surface area (Å²) in [6.07, 6.45) is 3.24. The largest absolute Gasteiger partial charge is 0.378 e. The van der Waals surface area contributed by atoms with Crippen LogP contribution in [0.4, 0.5) is 14.5 Å².